The van der Waals surface area contributed by atoms with Crippen LogP contribution in [-0.4, -0.2) is 50.2 Å². The molecule has 2 amide bonds. The molecule has 1 heterocycles. The second-order valence-electron chi connectivity index (χ2n) is 6.99. The predicted octanol–water partition coefficient (Wildman–Crippen LogP) is 1.89. The summed E-state index contributed by atoms with van der Waals surface area (Å²) in [7, 11) is -0.852. The maximum atomic E-state index is 12.4. The van der Waals surface area contributed by atoms with Crippen LogP contribution in [0.2, 0.25) is 0 Å². The first-order valence-corrected chi connectivity index (χ1v) is 11.9. The Morgan fingerprint density at radius 2 is 1.84 bits per heavy atom. The van der Waals surface area contributed by atoms with E-state index < -0.39 is 21.8 Å². The number of amides is 2. The van der Waals surface area contributed by atoms with Gasteiger partial charge in [0.2, 0.25) is 15.9 Å². The summed E-state index contributed by atoms with van der Waals surface area (Å²) >= 11 is 1.27. The highest BCUT2D eigenvalue weighted by Gasteiger charge is 2.19. The number of sulfonamides is 1. The van der Waals surface area contributed by atoms with E-state index in [4.69, 9.17) is 5.73 Å². The maximum absolute atomic E-state index is 12.4. The van der Waals surface area contributed by atoms with Crippen molar-refractivity contribution < 1.29 is 18.0 Å². The SMILES string of the molecule is CN(C)S(=O)(=O)c1cccc(C(=O)NCC(=O)Nc2nc(-c3ccc(CN)cc3)cs2)c1. The number of carbonyl (C=O) groups is 2. The molecule has 0 atom stereocenters. The minimum absolute atomic E-state index is 0.00517. The minimum Gasteiger partial charge on any atom is -0.343 e. The van der Waals surface area contributed by atoms with Crippen molar-refractivity contribution in [2.45, 2.75) is 11.4 Å². The fourth-order valence-electron chi connectivity index (χ4n) is 2.71. The van der Waals surface area contributed by atoms with E-state index in [1.165, 1.54) is 49.7 Å². The summed E-state index contributed by atoms with van der Waals surface area (Å²) in [5.74, 6) is -1.01. The van der Waals surface area contributed by atoms with Crippen LogP contribution >= 0.6 is 11.3 Å². The topological polar surface area (TPSA) is 134 Å². The third-order valence-corrected chi connectivity index (χ3v) is 7.09. The van der Waals surface area contributed by atoms with Gasteiger partial charge < -0.3 is 16.4 Å². The first kappa shape index (κ1) is 23.5. The number of rotatable bonds is 8. The number of anilines is 1. The molecule has 0 bridgehead atoms. The molecular weight excluding hydrogens is 450 g/mol. The Bertz CT molecular complexity index is 1220. The van der Waals surface area contributed by atoms with Gasteiger partial charge in [0.1, 0.15) is 0 Å². The van der Waals surface area contributed by atoms with Crippen molar-refractivity contribution in [2.75, 3.05) is 26.0 Å². The predicted molar refractivity (Wildman–Crippen MR) is 124 cm³/mol. The summed E-state index contributed by atoms with van der Waals surface area (Å²) in [4.78, 5) is 29.0. The van der Waals surface area contributed by atoms with Gasteiger partial charge in [-0.15, -0.1) is 11.3 Å². The van der Waals surface area contributed by atoms with Gasteiger partial charge in [-0.2, -0.15) is 0 Å². The monoisotopic (exact) mass is 473 g/mol. The molecule has 0 radical (unpaired) electrons. The van der Waals surface area contributed by atoms with Crippen molar-refractivity contribution in [3.63, 3.8) is 0 Å². The van der Waals surface area contributed by atoms with E-state index in [2.05, 4.69) is 15.6 Å². The van der Waals surface area contributed by atoms with E-state index in [0.717, 1.165) is 21.1 Å². The van der Waals surface area contributed by atoms with Crippen LogP contribution in [0, 0.1) is 0 Å². The van der Waals surface area contributed by atoms with E-state index in [1.807, 2.05) is 29.6 Å². The summed E-state index contributed by atoms with van der Waals surface area (Å²) < 4.78 is 25.5. The second kappa shape index (κ2) is 10.0. The molecule has 0 aliphatic carbocycles. The Kier molecular flexibility index (Phi) is 7.36. The molecule has 11 heteroatoms. The molecule has 0 aliphatic rings. The molecule has 0 aliphatic heterocycles. The normalized spacial score (nSPS) is 11.4. The van der Waals surface area contributed by atoms with E-state index in [-0.39, 0.29) is 17.0 Å². The molecule has 4 N–H and O–H groups in total. The number of hydrogen-bond donors (Lipinski definition) is 3. The van der Waals surface area contributed by atoms with Gasteiger partial charge >= 0.3 is 0 Å². The fourth-order valence-corrected chi connectivity index (χ4v) is 4.39. The van der Waals surface area contributed by atoms with Gasteiger partial charge in [0.05, 0.1) is 17.1 Å². The third-order valence-electron chi connectivity index (χ3n) is 4.52. The molecule has 9 nitrogen and oxygen atoms in total. The highest BCUT2D eigenvalue weighted by Crippen LogP contribution is 2.25. The third kappa shape index (κ3) is 5.56. The number of hydrogen-bond acceptors (Lipinski definition) is 7. The van der Waals surface area contributed by atoms with E-state index >= 15 is 0 Å². The zero-order valence-corrected chi connectivity index (χ0v) is 19.2. The lowest BCUT2D eigenvalue weighted by atomic mass is 10.1. The van der Waals surface area contributed by atoms with E-state index in [9.17, 15) is 18.0 Å². The zero-order chi connectivity index (χ0) is 23.3. The lowest BCUT2D eigenvalue weighted by Gasteiger charge is -2.12. The largest absolute Gasteiger partial charge is 0.343 e. The number of nitrogens with one attached hydrogen (secondary N) is 2. The molecule has 0 spiro atoms. The Hall–Kier alpha value is -3.12. The molecule has 3 rings (SSSR count). The molecule has 0 saturated heterocycles. The van der Waals surface area contributed by atoms with Gasteiger partial charge in [-0.05, 0) is 23.8 Å². The number of benzene rings is 2. The van der Waals surface area contributed by atoms with E-state index in [1.54, 1.807) is 0 Å². The van der Waals surface area contributed by atoms with Gasteiger partial charge in [-0.3, -0.25) is 9.59 Å². The summed E-state index contributed by atoms with van der Waals surface area (Å²) in [6.07, 6.45) is 0. The first-order chi connectivity index (χ1) is 15.2. The van der Waals surface area contributed by atoms with Gasteiger partial charge in [0, 0.05) is 37.1 Å². The standard InChI is InChI=1S/C21H23N5O4S2/c1-26(2)32(29,30)17-5-3-4-16(10-17)20(28)23-12-19(27)25-21-24-18(13-31-21)15-8-6-14(11-22)7-9-15/h3-10,13H,11-12,22H2,1-2H3,(H,23,28)(H,24,25,27). The van der Waals surface area contributed by atoms with Crippen molar-refractivity contribution in [3.8, 4) is 11.3 Å². The lowest BCUT2D eigenvalue weighted by Crippen LogP contribution is -2.33. The molecule has 0 fully saturated rings. The Balaban J connectivity index is 1.58. The highest BCUT2D eigenvalue weighted by atomic mass is 32.2. The van der Waals surface area contributed by atoms with Crippen LogP contribution in [0.3, 0.4) is 0 Å². The van der Waals surface area contributed by atoms with Crippen LogP contribution in [0.25, 0.3) is 11.3 Å². The number of thiazole rings is 1. The van der Waals surface area contributed by atoms with Gasteiger partial charge in [0.15, 0.2) is 5.13 Å². The average molecular weight is 474 g/mol. The average Bonchev–Trinajstić information content (AvgIpc) is 3.25. The first-order valence-electron chi connectivity index (χ1n) is 9.56. The van der Waals surface area contributed by atoms with Crippen molar-refractivity contribution >= 4 is 38.3 Å². The summed E-state index contributed by atoms with van der Waals surface area (Å²) in [6, 6.07) is 13.3. The fraction of sp³-hybridized carbons (Fsp3) is 0.190. The summed E-state index contributed by atoms with van der Waals surface area (Å²) in [5.41, 5.74) is 8.37. The van der Waals surface area contributed by atoms with Crippen LogP contribution in [-0.2, 0) is 21.4 Å². The molecule has 1 aromatic heterocycles. The molecule has 32 heavy (non-hydrogen) atoms. The zero-order valence-electron chi connectivity index (χ0n) is 17.5. The Morgan fingerprint density at radius 3 is 2.50 bits per heavy atom. The van der Waals surface area contributed by atoms with Gasteiger partial charge in [-0.1, -0.05) is 30.3 Å². The highest BCUT2D eigenvalue weighted by molar-refractivity contribution is 7.89. The summed E-state index contributed by atoms with van der Waals surface area (Å²) in [5, 5.41) is 7.35. The van der Waals surface area contributed by atoms with Crippen molar-refractivity contribution in [2.24, 2.45) is 5.73 Å². The number of aromatic nitrogens is 1. The molecular formula is C21H23N5O4S2. The minimum atomic E-state index is -3.67. The number of nitrogens with zero attached hydrogens (tertiary/aromatic N) is 2. The van der Waals surface area contributed by atoms with Crippen LogP contribution in [0.1, 0.15) is 15.9 Å². The van der Waals surface area contributed by atoms with Crippen molar-refractivity contribution in [3.05, 3.63) is 65.0 Å². The van der Waals surface area contributed by atoms with Crippen molar-refractivity contribution in [1.82, 2.24) is 14.6 Å². The molecule has 0 saturated carbocycles. The number of nitrogens with two attached hydrogens (primary N) is 1. The van der Waals surface area contributed by atoms with Crippen LogP contribution in [0.15, 0.2) is 58.8 Å². The van der Waals surface area contributed by atoms with Gasteiger partial charge in [-0.25, -0.2) is 17.7 Å². The second-order valence-corrected chi connectivity index (χ2v) is 9.99. The smallest absolute Gasteiger partial charge is 0.251 e. The van der Waals surface area contributed by atoms with E-state index in [0.29, 0.717) is 11.7 Å². The Labute approximate surface area is 190 Å². The van der Waals surface area contributed by atoms with Crippen molar-refractivity contribution in [1.29, 1.82) is 0 Å². The van der Waals surface area contributed by atoms with Crippen LogP contribution in [0.5, 0.6) is 0 Å². The van der Waals surface area contributed by atoms with Gasteiger partial charge in [0.25, 0.3) is 5.91 Å². The molecule has 0 unspecified atom stereocenters. The van der Waals surface area contributed by atoms with Crippen LogP contribution < -0.4 is 16.4 Å². The molecule has 168 valence electrons. The summed E-state index contributed by atoms with van der Waals surface area (Å²) in [6.45, 7) is 0.170. The number of carbonyl (C=O) groups excluding carboxylic acids is 2. The Morgan fingerprint density at radius 1 is 1.12 bits per heavy atom. The maximum Gasteiger partial charge on any atom is 0.251 e. The molecule has 2 aromatic carbocycles. The lowest BCUT2D eigenvalue weighted by molar-refractivity contribution is -0.115. The van der Waals surface area contributed by atoms with Crippen LogP contribution in [0.4, 0.5) is 5.13 Å². The molecule has 3 aromatic rings. The quantitative estimate of drug-likeness (QED) is 0.457.